The minimum absolute atomic E-state index is 0.524. The standard InChI is InChI=1S/C26H24N4OS/c1-19-16-24(29-28-19)27-25-30(17-20-8-4-2-5-9-20)26(31,18-32-25)23-14-12-22(13-15-23)21-10-6-3-7-11-21/h2-16,31H,17-18H2,1H3,(H,28,29)/p+1. The van der Waals surface area contributed by atoms with E-state index >= 15 is 0 Å². The van der Waals surface area contributed by atoms with Crippen molar-refractivity contribution < 1.29 is 9.68 Å². The molecule has 160 valence electrons. The summed E-state index contributed by atoms with van der Waals surface area (Å²) in [6.07, 6.45) is 0. The van der Waals surface area contributed by atoms with Crippen LogP contribution in [-0.4, -0.2) is 30.8 Å². The van der Waals surface area contributed by atoms with E-state index in [1.54, 1.807) is 11.8 Å². The zero-order chi connectivity index (χ0) is 22.0. The summed E-state index contributed by atoms with van der Waals surface area (Å²) in [5.74, 6) is 1.27. The van der Waals surface area contributed by atoms with Gasteiger partial charge in [0, 0.05) is 17.3 Å². The third kappa shape index (κ3) is 4.07. The molecule has 1 atom stereocenters. The van der Waals surface area contributed by atoms with E-state index in [0.717, 1.165) is 38.9 Å². The average molecular weight is 442 g/mol. The minimum Gasteiger partial charge on any atom is -0.349 e. The summed E-state index contributed by atoms with van der Waals surface area (Å²) in [5.41, 5.74) is 4.15. The maximum absolute atomic E-state index is 11.9. The summed E-state index contributed by atoms with van der Waals surface area (Å²) in [4.78, 5) is 0. The predicted molar refractivity (Wildman–Crippen MR) is 131 cm³/mol. The Morgan fingerprint density at radius 2 is 1.62 bits per heavy atom. The first kappa shape index (κ1) is 20.5. The van der Waals surface area contributed by atoms with Crippen LogP contribution in [0.15, 0.2) is 91.0 Å². The Morgan fingerprint density at radius 1 is 0.969 bits per heavy atom. The molecule has 0 amide bonds. The lowest BCUT2D eigenvalue weighted by molar-refractivity contribution is -0.670. The molecule has 1 aliphatic rings. The van der Waals surface area contributed by atoms with Crippen LogP contribution >= 0.6 is 11.8 Å². The van der Waals surface area contributed by atoms with Gasteiger partial charge in [0.25, 0.3) is 0 Å². The van der Waals surface area contributed by atoms with Gasteiger partial charge in [-0.2, -0.15) is 0 Å². The van der Waals surface area contributed by atoms with Crippen LogP contribution in [0.4, 0.5) is 5.82 Å². The summed E-state index contributed by atoms with van der Waals surface area (Å²) in [5, 5.41) is 23.5. The number of aryl methyl sites for hydroxylation is 1. The average Bonchev–Trinajstić information content (AvgIpc) is 3.39. The number of hydrogen-bond donors (Lipinski definition) is 3. The molecule has 1 unspecified atom stereocenters. The maximum atomic E-state index is 11.9. The molecule has 0 aliphatic carbocycles. The molecule has 32 heavy (non-hydrogen) atoms. The highest BCUT2D eigenvalue weighted by atomic mass is 32.2. The van der Waals surface area contributed by atoms with Gasteiger partial charge in [0.05, 0.1) is 5.75 Å². The Bertz CT molecular complexity index is 1240. The number of H-pyrrole nitrogens is 1. The van der Waals surface area contributed by atoms with E-state index in [0.29, 0.717) is 12.3 Å². The molecule has 5 nitrogen and oxygen atoms in total. The molecule has 0 radical (unpaired) electrons. The van der Waals surface area contributed by atoms with Crippen molar-refractivity contribution in [3.05, 3.63) is 108 Å². The molecule has 0 bridgehead atoms. The van der Waals surface area contributed by atoms with Gasteiger partial charge in [-0.1, -0.05) is 84.9 Å². The highest BCUT2D eigenvalue weighted by Gasteiger charge is 2.46. The monoisotopic (exact) mass is 441 g/mol. The van der Waals surface area contributed by atoms with Gasteiger partial charge in [-0.3, -0.25) is 5.10 Å². The number of aromatic amines is 1. The molecular weight excluding hydrogens is 416 g/mol. The number of thioether (sulfide) groups is 1. The van der Waals surface area contributed by atoms with Gasteiger partial charge in [-0.05, 0) is 35.4 Å². The minimum atomic E-state index is -1.14. The topological polar surface area (TPSA) is 63.9 Å². The number of anilines is 1. The second-order valence-corrected chi connectivity index (χ2v) is 8.95. The first-order valence-corrected chi connectivity index (χ1v) is 11.6. The van der Waals surface area contributed by atoms with Gasteiger partial charge >= 0.3 is 5.17 Å². The van der Waals surface area contributed by atoms with E-state index in [1.807, 2.05) is 66.1 Å². The number of amidine groups is 1. The van der Waals surface area contributed by atoms with Gasteiger partial charge in [-0.15, -0.1) is 5.10 Å². The zero-order valence-electron chi connectivity index (χ0n) is 17.8. The SMILES string of the molecule is Cc1cc(NC2=[N+](Cc3ccccc3)C(O)(c3ccc(-c4ccccc4)cc3)CS2)n[nH]1. The predicted octanol–water partition coefficient (Wildman–Crippen LogP) is 4.96. The number of benzene rings is 3. The van der Waals surface area contributed by atoms with E-state index in [4.69, 9.17) is 0 Å². The van der Waals surface area contributed by atoms with Crippen molar-refractivity contribution in [3.63, 3.8) is 0 Å². The molecule has 0 spiro atoms. The summed E-state index contributed by atoms with van der Waals surface area (Å²) < 4.78 is 2.04. The largest absolute Gasteiger partial charge is 0.349 e. The lowest BCUT2D eigenvalue weighted by Crippen LogP contribution is -2.40. The summed E-state index contributed by atoms with van der Waals surface area (Å²) in [6.45, 7) is 2.55. The lowest BCUT2D eigenvalue weighted by Gasteiger charge is -2.25. The van der Waals surface area contributed by atoms with Crippen LogP contribution in [-0.2, 0) is 12.3 Å². The van der Waals surface area contributed by atoms with Crippen LogP contribution in [0.2, 0.25) is 0 Å². The fourth-order valence-electron chi connectivity index (χ4n) is 3.96. The second-order valence-electron chi connectivity index (χ2n) is 7.99. The van der Waals surface area contributed by atoms with E-state index < -0.39 is 5.72 Å². The Morgan fingerprint density at radius 3 is 2.28 bits per heavy atom. The maximum Gasteiger partial charge on any atom is 0.315 e. The molecule has 0 saturated carbocycles. The molecule has 1 aliphatic heterocycles. The Balaban J connectivity index is 1.51. The van der Waals surface area contributed by atoms with Crippen molar-refractivity contribution in [2.45, 2.75) is 19.2 Å². The Kier molecular flexibility index (Phi) is 5.55. The molecule has 2 heterocycles. The number of nitrogens with zero attached hydrogens (tertiary/aromatic N) is 2. The lowest BCUT2D eigenvalue weighted by atomic mass is 9.98. The first-order chi connectivity index (χ1) is 15.6. The molecule has 0 saturated heterocycles. The number of aliphatic hydroxyl groups is 1. The molecule has 3 aromatic carbocycles. The van der Waals surface area contributed by atoms with Gasteiger partial charge in [0.2, 0.25) is 11.5 Å². The summed E-state index contributed by atoms with van der Waals surface area (Å²) >= 11 is 1.60. The van der Waals surface area contributed by atoms with Gasteiger partial charge in [0.15, 0.2) is 0 Å². The van der Waals surface area contributed by atoms with Crippen LogP contribution in [0.5, 0.6) is 0 Å². The smallest absolute Gasteiger partial charge is 0.315 e. The first-order valence-electron chi connectivity index (χ1n) is 10.6. The van der Waals surface area contributed by atoms with E-state index in [-0.39, 0.29) is 0 Å². The normalized spacial score (nSPS) is 18.2. The van der Waals surface area contributed by atoms with Crippen molar-refractivity contribution in [1.29, 1.82) is 0 Å². The molecule has 6 heteroatoms. The molecule has 4 aromatic rings. The van der Waals surface area contributed by atoms with Gasteiger partial charge in [0.1, 0.15) is 6.54 Å². The van der Waals surface area contributed by atoms with Crippen LogP contribution in [0.3, 0.4) is 0 Å². The second kappa shape index (κ2) is 8.65. The van der Waals surface area contributed by atoms with E-state index in [1.165, 1.54) is 0 Å². The van der Waals surface area contributed by atoms with Gasteiger partial charge in [-0.25, -0.2) is 9.89 Å². The van der Waals surface area contributed by atoms with Crippen molar-refractivity contribution in [3.8, 4) is 11.1 Å². The fraction of sp³-hybridized carbons (Fsp3) is 0.154. The highest BCUT2D eigenvalue weighted by molar-refractivity contribution is 8.14. The van der Waals surface area contributed by atoms with E-state index in [2.05, 4.69) is 51.9 Å². The number of aromatic nitrogens is 2. The molecular formula is C26H25N4OS+. The molecule has 5 rings (SSSR count). The Hall–Kier alpha value is -3.35. The quantitative estimate of drug-likeness (QED) is 0.383. The fourth-order valence-corrected chi connectivity index (χ4v) is 5.16. The summed E-state index contributed by atoms with van der Waals surface area (Å²) in [6, 6.07) is 30.7. The van der Waals surface area contributed by atoms with Crippen molar-refractivity contribution >= 4 is 22.7 Å². The highest BCUT2D eigenvalue weighted by Crippen LogP contribution is 2.36. The Labute approximate surface area is 191 Å². The molecule has 1 aromatic heterocycles. The van der Waals surface area contributed by atoms with Crippen molar-refractivity contribution in [2.75, 3.05) is 11.1 Å². The third-order valence-corrected chi connectivity index (χ3v) is 6.82. The number of hydrogen-bond acceptors (Lipinski definition) is 4. The van der Waals surface area contributed by atoms with Gasteiger partial charge < -0.3 is 5.11 Å². The molecule has 0 fully saturated rings. The third-order valence-electron chi connectivity index (χ3n) is 5.68. The van der Waals surface area contributed by atoms with Crippen LogP contribution in [0.25, 0.3) is 11.1 Å². The van der Waals surface area contributed by atoms with Crippen molar-refractivity contribution in [2.24, 2.45) is 0 Å². The number of rotatable bonds is 5. The van der Waals surface area contributed by atoms with E-state index in [9.17, 15) is 5.11 Å². The zero-order valence-corrected chi connectivity index (χ0v) is 18.6. The van der Waals surface area contributed by atoms with Crippen LogP contribution in [0.1, 0.15) is 16.8 Å². The van der Waals surface area contributed by atoms with Crippen LogP contribution in [0, 0.1) is 6.92 Å². The summed E-state index contributed by atoms with van der Waals surface area (Å²) in [7, 11) is 0. The number of nitrogens with one attached hydrogen (secondary N) is 2. The molecule has 3 N–H and O–H groups in total. The van der Waals surface area contributed by atoms with Crippen molar-refractivity contribution in [1.82, 2.24) is 10.2 Å². The van der Waals surface area contributed by atoms with Crippen LogP contribution < -0.4 is 5.32 Å².